The lowest BCUT2D eigenvalue weighted by atomic mass is 9.93. The van der Waals surface area contributed by atoms with E-state index in [-0.39, 0.29) is 11.8 Å². The summed E-state index contributed by atoms with van der Waals surface area (Å²) in [6, 6.07) is 0.489. The Bertz CT molecular complexity index is 318. The molecule has 21 heavy (non-hydrogen) atoms. The predicted molar refractivity (Wildman–Crippen MR) is 87.2 cm³/mol. The Morgan fingerprint density at radius 1 is 1.19 bits per heavy atom. The van der Waals surface area contributed by atoms with Crippen LogP contribution in [-0.2, 0) is 4.79 Å². The lowest BCUT2D eigenvalue weighted by Crippen LogP contribution is -2.50. The summed E-state index contributed by atoms with van der Waals surface area (Å²) in [5.74, 6) is 1.94. The van der Waals surface area contributed by atoms with Gasteiger partial charge >= 0.3 is 0 Å². The van der Waals surface area contributed by atoms with Crippen LogP contribution in [0.4, 0.5) is 0 Å². The van der Waals surface area contributed by atoms with Crippen molar-refractivity contribution in [1.29, 1.82) is 0 Å². The van der Waals surface area contributed by atoms with Crippen LogP contribution in [0.1, 0.15) is 46.5 Å². The van der Waals surface area contributed by atoms with Gasteiger partial charge in [-0.25, -0.2) is 0 Å². The van der Waals surface area contributed by atoms with Crippen LogP contribution in [0.15, 0.2) is 0 Å². The van der Waals surface area contributed by atoms with Crippen LogP contribution < -0.4 is 10.6 Å². The third-order valence-electron chi connectivity index (χ3n) is 5.25. The molecule has 0 radical (unpaired) electrons. The van der Waals surface area contributed by atoms with Gasteiger partial charge in [-0.15, -0.1) is 0 Å². The van der Waals surface area contributed by atoms with Gasteiger partial charge in [0, 0.05) is 18.5 Å². The molecule has 2 rings (SSSR count). The van der Waals surface area contributed by atoms with Gasteiger partial charge in [0.2, 0.25) is 5.91 Å². The van der Waals surface area contributed by atoms with Crippen molar-refractivity contribution in [3.63, 3.8) is 0 Å². The summed E-state index contributed by atoms with van der Waals surface area (Å²) in [4.78, 5) is 14.9. The van der Waals surface area contributed by atoms with Gasteiger partial charge < -0.3 is 10.6 Å². The van der Waals surface area contributed by atoms with Gasteiger partial charge in [0.15, 0.2) is 0 Å². The van der Waals surface area contributed by atoms with Crippen molar-refractivity contribution < 1.29 is 4.79 Å². The molecular weight excluding hydrogens is 262 g/mol. The third kappa shape index (κ3) is 4.96. The molecule has 0 aliphatic carbocycles. The highest BCUT2D eigenvalue weighted by atomic mass is 16.1. The van der Waals surface area contributed by atoms with Crippen molar-refractivity contribution >= 4 is 5.91 Å². The Morgan fingerprint density at radius 2 is 1.81 bits per heavy atom. The van der Waals surface area contributed by atoms with Crippen LogP contribution >= 0.6 is 0 Å². The maximum Gasteiger partial charge on any atom is 0.223 e. The van der Waals surface area contributed by atoms with Crippen LogP contribution in [0.3, 0.4) is 0 Å². The van der Waals surface area contributed by atoms with E-state index < -0.39 is 0 Å². The predicted octanol–water partition coefficient (Wildman–Crippen LogP) is 1.86. The lowest BCUT2D eigenvalue weighted by molar-refractivity contribution is -0.126. The van der Waals surface area contributed by atoms with Crippen molar-refractivity contribution in [3.05, 3.63) is 0 Å². The highest BCUT2D eigenvalue weighted by Crippen LogP contribution is 2.21. The Labute approximate surface area is 130 Å². The van der Waals surface area contributed by atoms with E-state index in [0.717, 1.165) is 38.4 Å². The summed E-state index contributed by atoms with van der Waals surface area (Å²) in [7, 11) is 0. The molecule has 2 fully saturated rings. The van der Waals surface area contributed by atoms with Gasteiger partial charge in [0.05, 0.1) is 0 Å². The number of carbonyl (C=O) groups excluding carboxylic acids is 1. The SMILES string of the molecule is CC1CCN(C(CNC(=O)C2CCNCC2)C(C)C)CC1. The summed E-state index contributed by atoms with van der Waals surface area (Å²) in [5, 5.41) is 6.55. The second-order valence-corrected chi connectivity index (χ2v) is 7.30. The minimum Gasteiger partial charge on any atom is -0.354 e. The Balaban J connectivity index is 1.80. The molecule has 2 aliphatic heterocycles. The standard InChI is InChI=1S/C17H33N3O/c1-13(2)16(20-10-6-14(3)7-11-20)12-19-17(21)15-4-8-18-9-5-15/h13-16,18H,4-12H2,1-3H3,(H,19,21). The number of piperidine rings is 2. The number of hydrogen-bond donors (Lipinski definition) is 2. The molecule has 0 aromatic rings. The number of carbonyl (C=O) groups is 1. The molecule has 2 N–H and O–H groups in total. The van der Waals surface area contributed by atoms with Crippen LogP contribution in [0.2, 0.25) is 0 Å². The lowest BCUT2D eigenvalue weighted by Gasteiger charge is -2.39. The first-order valence-electron chi connectivity index (χ1n) is 8.80. The second-order valence-electron chi connectivity index (χ2n) is 7.30. The molecule has 0 spiro atoms. The number of amides is 1. The Morgan fingerprint density at radius 3 is 2.38 bits per heavy atom. The average molecular weight is 295 g/mol. The molecular formula is C17H33N3O. The van der Waals surface area contributed by atoms with Crippen LogP contribution in [0, 0.1) is 17.8 Å². The molecule has 0 saturated carbocycles. The first-order chi connectivity index (χ1) is 10.1. The van der Waals surface area contributed by atoms with Crippen molar-refractivity contribution in [3.8, 4) is 0 Å². The third-order valence-corrected chi connectivity index (χ3v) is 5.25. The quantitative estimate of drug-likeness (QED) is 0.814. The van der Waals surface area contributed by atoms with Crippen LogP contribution in [0.25, 0.3) is 0 Å². The summed E-state index contributed by atoms with van der Waals surface area (Å²) in [5.41, 5.74) is 0. The van der Waals surface area contributed by atoms with Crippen LogP contribution in [-0.4, -0.2) is 49.6 Å². The molecule has 0 aromatic heterocycles. The van der Waals surface area contributed by atoms with Gasteiger partial charge in [-0.3, -0.25) is 9.69 Å². The van der Waals surface area contributed by atoms with E-state index in [1.165, 1.54) is 25.9 Å². The molecule has 1 unspecified atom stereocenters. The molecule has 0 aromatic carbocycles. The van der Waals surface area contributed by atoms with Gasteiger partial charge in [-0.1, -0.05) is 20.8 Å². The number of nitrogens with one attached hydrogen (secondary N) is 2. The molecule has 1 amide bonds. The van der Waals surface area contributed by atoms with E-state index in [2.05, 4.69) is 36.3 Å². The molecule has 0 bridgehead atoms. The van der Waals surface area contributed by atoms with Gasteiger partial charge in [-0.2, -0.15) is 0 Å². The fourth-order valence-electron chi connectivity index (χ4n) is 3.58. The van der Waals surface area contributed by atoms with Crippen LogP contribution in [0.5, 0.6) is 0 Å². The van der Waals surface area contributed by atoms with E-state index in [1.807, 2.05) is 0 Å². The maximum absolute atomic E-state index is 12.3. The first-order valence-corrected chi connectivity index (χ1v) is 8.80. The zero-order chi connectivity index (χ0) is 15.2. The van der Waals surface area contributed by atoms with Crippen molar-refractivity contribution in [2.24, 2.45) is 17.8 Å². The van der Waals surface area contributed by atoms with E-state index in [9.17, 15) is 4.79 Å². The van der Waals surface area contributed by atoms with Crippen molar-refractivity contribution in [2.75, 3.05) is 32.7 Å². The summed E-state index contributed by atoms with van der Waals surface area (Å²) in [6.45, 7) is 12.1. The molecule has 2 saturated heterocycles. The molecule has 4 nitrogen and oxygen atoms in total. The zero-order valence-electron chi connectivity index (χ0n) is 14.0. The van der Waals surface area contributed by atoms with Crippen molar-refractivity contribution in [2.45, 2.75) is 52.5 Å². The maximum atomic E-state index is 12.3. The summed E-state index contributed by atoms with van der Waals surface area (Å²) < 4.78 is 0. The minimum atomic E-state index is 0.223. The fourth-order valence-corrected chi connectivity index (χ4v) is 3.58. The number of hydrogen-bond acceptors (Lipinski definition) is 3. The highest BCUT2D eigenvalue weighted by molar-refractivity contribution is 5.78. The highest BCUT2D eigenvalue weighted by Gasteiger charge is 2.27. The Kier molecular flexibility index (Phi) is 6.49. The van der Waals surface area contributed by atoms with E-state index in [4.69, 9.17) is 0 Å². The normalized spacial score (nSPS) is 24.2. The summed E-state index contributed by atoms with van der Waals surface area (Å²) in [6.07, 6.45) is 4.57. The first kappa shape index (κ1) is 16.8. The topological polar surface area (TPSA) is 44.4 Å². The molecule has 2 heterocycles. The van der Waals surface area contributed by atoms with E-state index in [0.29, 0.717) is 12.0 Å². The average Bonchev–Trinajstić information content (AvgIpc) is 2.49. The number of likely N-dealkylation sites (tertiary alicyclic amines) is 1. The molecule has 1 atom stereocenters. The molecule has 4 heteroatoms. The zero-order valence-corrected chi connectivity index (χ0v) is 14.0. The second kappa shape index (κ2) is 8.14. The smallest absolute Gasteiger partial charge is 0.223 e. The van der Waals surface area contributed by atoms with Crippen molar-refractivity contribution in [1.82, 2.24) is 15.5 Å². The summed E-state index contributed by atoms with van der Waals surface area (Å²) >= 11 is 0. The fraction of sp³-hybridized carbons (Fsp3) is 0.941. The monoisotopic (exact) mass is 295 g/mol. The van der Waals surface area contributed by atoms with Gasteiger partial charge in [0.1, 0.15) is 0 Å². The minimum absolute atomic E-state index is 0.223. The largest absolute Gasteiger partial charge is 0.354 e. The number of nitrogens with zero attached hydrogens (tertiary/aromatic N) is 1. The van der Waals surface area contributed by atoms with E-state index in [1.54, 1.807) is 0 Å². The van der Waals surface area contributed by atoms with Gasteiger partial charge in [-0.05, 0) is 63.7 Å². The Hall–Kier alpha value is -0.610. The number of rotatable bonds is 5. The van der Waals surface area contributed by atoms with Gasteiger partial charge in [0.25, 0.3) is 0 Å². The molecule has 122 valence electrons. The van der Waals surface area contributed by atoms with E-state index >= 15 is 0 Å². The molecule has 2 aliphatic rings.